The van der Waals surface area contributed by atoms with Crippen LogP contribution in [0.4, 0.5) is 0 Å². The van der Waals surface area contributed by atoms with Crippen LogP contribution >= 0.6 is 0 Å². The Morgan fingerprint density at radius 3 is 2.47 bits per heavy atom. The highest BCUT2D eigenvalue weighted by atomic mass is 16.6. The molecule has 0 amide bonds. The monoisotopic (exact) mass is 201 g/mol. The number of hydrogen-bond acceptors (Lipinski definition) is 2. The summed E-state index contributed by atoms with van der Waals surface area (Å²) in [5.41, 5.74) is 0.614. The Morgan fingerprint density at radius 2 is 1.73 bits per heavy atom. The van der Waals surface area contributed by atoms with Crippen LogP contribution in [0, 0.1) is 12.1 Å². The lowest BCUT2D eigenvalue weighted by atomic mass is 10.3. The van der Waals surface area contributed by atoms with Crippen molar-refractivity contribution in [2.45, 2.75) is 6.92 Å². The van der Waals surface area contributed by atoms with Crippen molar-refractivity contribution in [2.24, 2.45) is 0 Å². The van der Waals surface area contributed by atoms with Crippen molar-refractivity contribution in [1.29, 1.82) is 0 Å². The van der Waals surface area contributed by atoms with Crippen molar-refractivity contribution < 1.29 is 9.47 Å². The van der Waals surface area contributed by atoms with Crippen LogP contribution in [0.5, 0.6) is 11.6 Å². The molecule has 0 aliphatic carbocycles. The lowest BCUT2D eigenvalue weighted by molar-refractivity contribution is -0.617. The molecule has 2 rings (SSSR count). The van der Waals surface area contributed by atoms with Crippen LogP contribution < -0.4 is 9.47 Å². The van der Waals surface area contributed by atoms with Crippen LogP contribution in [-0.2, 0) is 0 Å². The minimum atomic E-state index is 0.293. The van der Waals surface area contributed by atoms with Gasteiger partial charge < -0.3 is 9.94 Å². The zero-order chi connectivity index (χ0) is 10.7. The summed E-state index contributed by atoms with van der Waals surface area (Å²) in [6.07, 6.45) is 0. The van der Waals surface area contributed by atoms with E-state index in [1.165, 1.54) is 0 Å². The summed E-state index contributed by atoms with van der Waals surface area (Å²) in [6, 6.07) is 14.4. The fourth-order valence-electron chi connectivity index (χ4n) is 1.26. The van der Waals surface area contributed by atoms with Crippen molar-refractivity contribution in [3.63, 3.8) is 0 Å². The van der Waals surface area contributed by atoms with Crippen molar-refractivity contribution in [1.82, 2.24) is 0 Å². The van der Waals surface area contributed by atoms with Crippen LogP contribution in [0.25, 0.3) is 0 Å². The van der Waals surface area contributed by atoms with Crippen LogP contribution in [0.15, 0.2) is 48.5 Å². The smallest absolute Gasteiger partial charge is 0.385 e. The minimum absolute atomic E-state index is 0.293. The Bertz CT molecular complexity index is 454. The third-order valence-electron chi connectivity index (χ3n) is 2.06. The quantitative estimate of drug-likeness (QED) is 0.552. The molecular formula is C12H11NO2. The van der Waals surface area contributed by atoms with E-state index in [-0.39, 0.29) is 0 Å². The Hall–Kier alpha value is -2.03. The van der Waals surface area contributed by atoms with E-state index in [1.54, 1.807) is 25.1 Å². The van der Waals surface area contributed by atoms with Gasteiger partial charge in [0.25, 0.3) is 0 Å². The Labute approximate surface area is 88.1 Å². The molecule has 3 heteroatoms. The van der Waals surface area contributed by atoms with Crippen molar-refractivity contribution in [3.8, 4) is 11.6 Å². The number of aromatic nitrogens is 1. The van der Waals surface area contributed by atoms with E-state index < -0.39 is 0 Å². The molecule has 76 valence electrons. The molecule has 0 saturated heterocycles. The highest BCUT2D eigenvalue weighted by molar-refractivity contribution is 5.25. The highest BCUT2D eigenvalue weighted by Crippen LogP contribution is 2.16. The van der Waals surface area contributed by atoms with E-state index in [1.807, 2.05) is 30.3 Å². The number of pyridine rings is 1. The lowest BCUT2D eigenvalue weighted by Gasteiger charge is -2.07. The number of hydrogen-bond donors (Lipinski definition) is 0. The molecule has 1 aromatic carbocycles. The molecule has 0 atom stereocenters. The molecule has 0 N–H and O–H groups in total. The molecular weight excluding hydrogens is 190 g/mol. The minimum Gasteiger partial charge on any atom is -0.616 e. The molecule has 0 aliphatic rings. The predicted octanol–water partition coefficient (Wildman–Crippen LogP) is 2.42. The molecule has 0 radical (unpaired) electrons. The molecule has 0 unspecified atom stereocenters. The van der Waals surface area contributed by atoms with Crippen LogP contribution in [-0.4, -0.2) is 0 Å². The van der Waals surface area contributed by atoms with Gasteiger partial charge in [-0.25, -0.2) is 0 Å². The number of nitrogens with zero attached hydrogens (tertiary/aromatic N) is 1. The first-order chi connectivity index (χ1) is 7.27. The Kier molecular flexibility index (Phi) is 2.54. The molecule has 3 nitrogen and oxygen atoms in total. The standard InChI is InChI=1S/C12H11NO2/c1-10-6-5-9-12(13(10)14)15-11-7-3-2-4-8-11/h2-9H,1H3. The first-order valence-electron chi connectivity index (χ1n) is 4.69. The molecule has 0 bridgehead atoms. The summed E-state index contributed by atoms with van der Waals surface area (Å²) in [5, 5.41) is 11.6. The summed E-state index contributed by atoms with van der Waals surface area (Å²) in [6.45, 7) is 1.74. The zero-order valence-electron chi connectivity index (χ0n) is 8.38. The summed E-state index contributed by atoms with van der Waals surface area (Å²) in [4.78, 5) is 0. The molecule has 15 heavy (non-hydrogen) atoms. The van der Waals surface area contributed by atoms with Gasteiger partial charge in [-0.3, -0.25) is 0 Å². The normalized spacial score (nSPS) is 9.93. The van der Waals surface area contributed by atoms with Gasteiger partial charge in [0.15, 0.2) is 5.69 Å². The van der Waals surface area contributed by atoms with Gasteiger partial charge >= 0.3 is 5.88 Å². The summed E-state index contributed by atoms with van der Waals surface area (Å²) in [5.74, 6) is 0.953. The van der Waals surface area contributed by atoms with Gasteiger partial charge in [-0.1, -0.05) is 18.2 Å². The van der Waals surface area contributed by atoms with Gasteiger partial charge in [-0.05, 0) is 18.2 Å². The second-order valence-electron chi connectivity index (χ2n) is 3.21. The van der Waals surface area contributed by atoms with E-state index in [0.29, 0.717) is 17.3 Å². The summed E-state index contributed by atoms with van der Waals surface area (Å²) in [7, 11) is 0. The van der Waals surface area contributed by atoms with Gasteiger partial charge in [0.2, 0.25) is 0 Å². The lowest BCUT2D eigenvalue weighted by Crippen LogP contribution is -2.31. The molecule has 0 spiro atoms. The first-order valence-corrected chi connectivity index (χ1v) is 4.69. The van der Waals surface area contributed by atoms with Crippen molar-refractivity contribution in [3.05, 3.63) is 59.4 Å². The maximum atomic E-state index is 11.6. The Balaban J connectivity index is 2.29. The van der Waals surface area contributed by atoms with E-state index in [0.717, 1.165) is 4.73 Å². The molecule has 1 heterocycles. The SMILES string of the molecule is Cc1cccc(Oc2ccccc2)[n+]1[O-]. The van der Waals surface area contributed by atoms with Gasteiger partial charge in [-0.2, -0.15) is 0 Å². The number of ether oxygens (including phenoxy) is 1. The highest BCUT2D eigenvalue weighted by Gasteiger charge is 2.08. The maximum Gasteiger partial charge on any atom is 0.385 e. The molecule has 0 saturated carbocycles. The summed E-state index contributed by atoms with van der Waals surface area (Å²) < 4.78 is 6.21. The van der Waals surface area contributed by atoms with Crippen molar-refractivity contribution in [2.75, 3.05) is 0 Å². The molecule has 1 aromatic heterocycles. The van der Waals surface area contributed by atoms with Gasteiger partial charge in [0, 0.05) is 13.0 Å². The second-order valence-corrected chi connectivity index (χ2v) is 3.21. The second kappa shape index (κ2) is 4.00. The predicted molar refractivity (Wildman–Crippen MR) is 56.7 cm³/mol. The van der Waals surface area contributed by atoms with Crippen molar-refractivity contribution >= 4 is 0 Å². The molecule has 0 fully saturated rings. The average molecular weight is 201 g/mol. The summed E-state index contributed by atoms with van der Waals surface area (Å²) >= 11 is 0. The largest absolute Gasteiger partial charge is 0.616 e. The van der Waals surface area contributed by atoms with E-state index >= 15 is 0 Å². The van der Waals surface area contributed by atoms with Crippen LogP contribution in [0.1, 0.15) is 5.69 Å². The topological polar surface area (TPSA) is 36.2 Å². The number of benzene rings is 1. The first kappa shape index (κ1) is 9.52. The average Bonchev–Trinajstić information content (AvgIpc) is 2.26. The van der Waals surface area contributed by atoms with Gasteiger partial charge in [0.1, 0.15) is 5.75 Å². The van der Waals surface area contributed by atoms with Crippen LogP contribution in [0.3, 0.4) is 0 Å². The van der Waals surface area contributed by atoms with E-state index in [2.05, 4.69) is 0 Å². The van der Waals surface area contributed by atoms with Gasteiger partial charge in [0.05, 0.1) is 6.07 Å². The maximum absolute atomic E-state index is 11.6. The number of para-hydroxylation sites is 1. The molecule has 2 aromatic rings. The fraction of sp³-hybridized carbons (Fsp3) is 0.0833. The van der Waals surface area contributed by atoms with E-state index in [4.69, 9.17) is 4.74 Å². The zero-order valence-corrected chi connectivity index (χ0v) is 8.38. The van der Waals surface area contributed by atoms with E-state index in [9.17, 15) is 5.21 Å². The van der Waals surface area contributed by atoms with Crippen LogP contribution in [0.2, 0.25) is 0 Å². The number of aryl methyl sites for hydroxylation is 1. The Morgan fingerprint density at radius 1 is 1.00 bits per heavy atom. The third-order valence-corrected chi connectivity index (χ3v) is 2.06. The van der Waals surface area contributed by atoms with Gasteiger partial charge in [-0.15, -0.1) is 4.73 Å². The molecule has 0 aliphatic heterocycles. The fourth-order valence-corrected chi connectivity index (χ4v) is 1.26. The third kappa shape index (κ3) is 2.07. The number of rotatable bonds is 2.